The molecule has 6 heteroatoms. The SMILES string of the molecule is CN1CCCc2c1ccc(-c1cc(C(=O)O)[nH]n1)c2O. The Morgan fingerprint density at radius 1 is 1.45 bits per heavy atom. The van der Waals surface area contributed by atoms with Crippen LogP contribution in [0.2, 0.25) is 0 Å². The second-order valence-electron chi connectivity index (χ2n) is 4.96. The molecule has 3 rings (SSSR count). The van der Waals surface area contributed by atoms with Crippen molar-refractivity contribution in [2.24, 2.45) is 0 Å². The quantitative estimate of drug-likeness (QED) is 0.777. The Balaban J connectivity index is 2.08. The number of nitrogens with one attached hydrogen (secondary N) is 1. The molecule has 2 aromatic rings. The molecular weight excluding hydrogens is 258 g/mol. The highest BCUT2D eigenvalue weighted by atomic mass is 16.4. The number of hydrogen-bond acceptors (Lipinski definition) is 4. The van der Waals surface area contributed by atoms with Crippen LogP contribution in [0.4, 0.5) is 5.69 Å². The van der Waals surface area contributed by atoms with E-state index in [4.69, 9.17) is 5.11 Å². The Labute approximate surface area is 115 Å². The maximum atomic E-state index is 10.9. The number of fused-ring (bicyclic) bond motifs is 1. The van der Waals surface area contributed by atoms with E-state index in [9.17, 15) is 9.90 Å². The van der Waals surface area contributed by atoms with Crippen LogP contribution in [0.5, 0.6) is 5.75 Å². The molecular formula is C14H15N3O3. The molecule has 1 aliphatic rings. The summed E-state index contributed by atoms with van der Waals surface area (Å²) in [7, 11) is 1.99. The topological polar surface area (TPSA) is 89.5 Å². The third-order valence-corrected chi connectivity index (χ3v) is 3.67. The van der Waals surface area contributed by atoms with Crippen LogP contribution >= 0.6 is 0 Å². The molecule has 0 aliphatic carbocycles. The molecule has 0 atom stereocenters. The molecule has 0 bridgehead atoms. The first-order valence-corrected chi connectivity index (χ1v) is 6.43. The number of rotatable bonds is 2. The van der Waals surface area contributed by atoms with E-state index < -0.39 is 5.97 Å². The van der Waals surface area contributed by atoms with Crippen LogP contribution in [0.3, 0.4) is 0 Å². The molecule has 0 saturated heterocycles. The normalized spacial score (nSPS) is 14.2. The average Bonchev–Trinajstić information content (AvgIpc) is 2.90. The third kappa shape index (κ3) is 1.89. The minimum atomic E-state index is -1.07. The Kier molecular flexibility index (Phi) is 2.85. The van der Waals surface area contributed by atoms with Gasteiger partial charge in [0.2, 0.25) is 0 Å². The number of phenolic OH excluding ortho intramolecular Hbond substituents is 1. The van der Waals surface area contributed by atoms with E-state index in [1.807, 2.05) is 13.1 Å². The van der Waals surface area contributed by atoms with Crippen molar-refractivity contribution in [2.45, 2.75) is 12.8 Å². The summed E-state index contributed by atoms with van der Waals surface area (Å²) in [6.45, 7) is 0.970. The monoisotopic (exact) mass is 273 g/mol. The highest BCUT2D eigenvalue weighted by Crippen LogP contribution is 2.39. The van der Waals surface area contributed by atoms with Crippen molar-refractivity contribution in [3.05, 3.63) is 29.5 Å². The van der Waals surface area contributed by atoms with Crippen LogP contribution in [0.1, 0.15) is 22.5 Å². The zero-order chi connectivity index (χ0) is 14.3. The van der Waals surface area contributed by atoms with Crippen molar-refractivity contribution >= 4 is 11.7 Å². The molecule has 6 nitrogen and oxygen atoms in total. The number of phenols is 1. The van der Waals surface area contributed by atoms with Crippen LogP contribution in [0.25, 0.3) is 11.3 Å². The van der Waals surface area contributed by atoms with Gasteiger partial charge in [0.25, 0.3) is 0 Å². The van der Waals surface area contributed by atoms with E-state index in [1.165, 1.54) is 6.07 Å². The number of nitrogens with zero attached hydrogens (tertiary/aromatic N) is 2. The fourth-order valence-electron chi connectivity index (χ4n) is 2.62. The Hall–Kier alpha value is -2.50. The molecule has 3 N–H and O–H groups in total. The molecule has 0 radical (unpaired) electrons. The Morgan fingerprint density at radius 3 is 2.95 bits per heavy atom. The summed E-state index contributed by atoms with van der Waals surface area (Å²) in [4.78, 5) is 13.0. The second kappa shape index (κ2) is 4.56. The second-order valence-corrected chi connectivity index (χ2v) is 4.96. The number of aromatic hydroxyl groups is 1. The largest absolute Gasteiger partial charge is 0.507 e. The van der Waals surface area contributed by atoms with Crippen LogP contribution in [-0.2, 0) is 6.42 Å². The van der Waals surface area contributed by atoms with Crippen molar-refractivity contribution in [3.63, 3.8) is 0 Å². The van der Waals surface area contributed by atoms with Gasteiger partial charge in [0.1, 0.15) is 11.4 Å². The van der Waals surface area contributed by atoms with E-state index in [2.05, 4.69) is 15.1 Å². The van der Waals surface area contributed by atoms with Gasteiger partial charge in [-0.2, -0.15) is 5.10 Å². The molecule has 1 aromatic heterocycles. The van der Waals surface area contributed by atoms with E-state index in [-0.39, 0.29) is 11.4 Å². The predicted octanol–water partition coefficient (Wildman–Crippen LogP) is 1.86. The van der Waals surface area contributed by atoms with Crippen molar-refractivity contribution in [2.75, 3.05) is 18.5 Å². The van der Waals surface area contributed by atoms with Crippen LogP contribution < -0.4 is 4.90 Å². The smallest absolute Gasteiger partial charge is 0.353 e. The first-order chi connectivity index (χ1) is 9.58. The molecule has 0 unspecified atom stereocenters. The van der Waals surface area contributed by atoms with Crippen LogP contribution in [-0.4, -0.2) is 40.0 Å². The summed E-state index contributed by atoms with van der Waals surface area (Å²) < 4.78 is 0. The van der Waals surface area contributed by atoms with Gasteiger partial charge < -0.3 is 15.1 Å². The summed E-state index contributed by atoms with van der Waals surface area (Å²) in [5.74, 6) is -0.876. The van der Waals surface area contributed by atoms with Gasteiger partial charge in [-0.1, -0.05) is 0 Å². The molecule has 0 fully saturated rings. The number of anilines is 1. The van der Waals surface area contributed by atoms with E-state index in [1.54, 1.807) is 6.07 Å². The van der Waals surface area contributed by atoms with Crippen LogP contribution in [0.15, 0.2) is 18.2 Å². The van der Waals surface area contributed by atoms with Gasteiger partial charge in [0, 0.05) is 30.4 Å². The molecule has 1 aliphatic heterocycles. The molecule has 104 valence electrons. The minimum Gasteiger partial charge on any atom is -0.507 e. The number of aromatic nitrogens is 2. The lowest BCUT2D eigenvalue weighted by Gasteiger charge is -2.28. The highest BCUT2D eigenvalue weighted by molar-refractivity contribution is 5.87. The van der Waals surface area contributed by atoms with E-state index in [0.717, 1.165) is 30.6 Å². The highest BCUT2D eigenvalue weighted by Gasteiger charge is 2.21. The van der Waals surface area contributed by atoms with Crippen molar-refractivity contribution in [1.29, 1.82) is 0 Å². The predicted molar refractivity (Wildman–Crippen MR) is 74.2 cm³/mol. The summed E-state index contributed by atoms with van der Waals surface area (Å²) in [5.41, 5.74) is 2.93. The van der Waals surface area contributed by atoms with Crippen molar-refractivity contribution in [3.8, 4) is 17.0 Å². The van der Waals surface area contributed by atoms with E-state index >= 15 is 0 Å². The maximum absolute atomic E-state index is 10.9. The van der Waals surface area contributed by atoms with Gasteiger partial charge in [-0.05, 0) is 31.0 Å². The summed E-state index contributed by atoms with van der Waals surface area (Å²) >= 11 is 0. The first-order valence-electron chi connectivity index (χ1n) is 6.43. The number of H-pyrrole nitrogens is 1. The minimum absolute atomic E-state index is 0.00855. The van der Waals surface area contributed by atoms with Crippen LogP contribution in [0, 0.1) is 0 Å². The maximum Gasteiger partial charge on any atom is 0.353 e. The molecule has 0 saturated carbocycles. The summed E-state index contributed by atoms with van der Waals surface area (Å²) in [6.07, 6.45) is 1.80. The van der Waals surface area contributed by atoms with Gasteiger partial charge in [0.15, 0.2) is 0 Å². The van der Waals surface area contributed by atoms with Gasteiger partial charge >= 0.3 is 5.97 Å². The van der Waals surface area contributed by atoms with Gasteiger partial charge in [-0.3, -0.25) is 5.10 Å². The average molecular weight is 273 g/mol. The number of carbonyl (C=O) groups is 1. The lowest BCUT2D eigenvalue weighted by molar-refractivity contribution is 0.0690. The number of hydrogen-bond donors (Lipinski definition) is 3. The zero-order valence-electron chi connectivity index (χ0n) is 11.1. The first kappa shape index (κ1) is 12.5. The van der Waals surface area contributed by atoms with Crippen molar-refractivity contribution < 1.29 is 15.0 Å². The van der Waals surface area contributed by atoms with E-state index in [0.29, 0.717) is 11.3 Å². The number of aromatic carboxylic acids is 1. The van der Waals surface area contributed by atoms with Gasteiger partial charge in [-0.25, -0.2) is 4.79 Å². The molecule has 0 spiro atoms. The lowest BCUT2D eigenvalue weighted by atomic mass is 9.97. The fraction of sp³-hybridized carbons (Fsp3) is 0.286. The summed E-state index contributed by atoms with van der Waals surface area (Å²) in [5, 5.41) is 25.7. The number of aromatic amines is 1. The number of benzene rings is 1. The zero-order valence-corrected chi connectivity index (χ0v) is 11.1. The number of carboxylic acid groups (broad SMARTS) is 1. The molecule has 2 heterocycles. The molecule has 1 aromatic carbocycles. The van der Waals surface area contributed by atoms with Gasteiger partial charge in [-0.15, -0.1) is 0 Å². The molecule has 20 heavy (non-hydrogen) atoms. The Bertz CT molecular complexity index is 678. The standard InChI is InChI=1S/C14H15N3O3/c1-17-6-2-3-9-12(17)5-4-8(13(9)18)10-7-11(14(19)20)16-15-10/h4-5,7,18H,2-3,6H2,1H3,(H,15,16)(H,19,20). The summed E-state index contributed by atoms with van der Waals surface area (Å²) in [6, 6.07) is 5.15. The fourth-order valence-corrected chi connectivity index (χ4v) is 2.62. The van der Waals surface area contributed by atoms with Gasteiger partial charge in [0.05, 0.1) is 5.69 Å². The number of carboxylic acids is 1. The Morgan fingerprint density at radius 2 is 2.25 bits per heavy atom. The molecule has 0 amide bonds. The third-order valence-electron chi connectivity index (χ3n) is 3.67. The van der Waals surface area contributed by atoms with Crippen molar-refractivity contribution in [1.82, 2.24) is 10.2 Å². The lowest BCUT2D eigenvalue weighted by Crippen LogP contribution is -2.24.